The fraction of sp³-hybridized carbons (Fsp3) is 0.0769. The van der Waals surface area contributed by atoms with Crippen LogP contribution in [0.4, 0.5) is 0 Å². The fourth-order valence-electron chi connectivity index (χ4n) is 1.65. The Morgan fingerprint density at radius 1 is 1.06 bits per heavy atom. The van der Waals surface area contributed by atoms with Crippen molar-refractivity contribution in [1.29, 1.82) is 0 Å². The Bertz CT molecular complexity index is 620. The summed E-state index contributed by atoms with van der Waals surface area (Å²) in [5, 5.41) is 14.8. The van der Waals surface area contributed by atoms with Crippen LogP contribution in [0.2, 0.25) is 0 Å². The van der Waals surface area contributed by atoms with Gasteiger partial charge in [0.15, 0.2) is 0 Å². The van der Waals surface area contributed by atoms with E-state index in [0.717, 1.165) is 17.0 Å². The Morgan fingerprint density at radius 3 is 2.61 bits per heavy atom. The van der Waals surface area contributed by atoms with Crippen molar-refractivity contribution in [3.8, 4) is 11.4 Å². The van der Waals surface area contributed by atoms with Crippen LogP contribution in [0.1, 0.15) is 16.7 Å². The SMILES string of the molecule is OC(c1ccccc1)c1nc(-c2cscn2)cs1. The lowest BCUT2D eigenvalue weighted by molar-refractivity contribution is 0.220. The molecular formula is C13H10N2OS2. The second kappa shape index (κ2) is 4.97. The first-order valence-electron chi connectivity index (χ1n) is 5.41. The molecule has 0 aliphatic carbocycles. The van der Waals surface area contributed by atoms with E-state index in [2.05, 4.69) is 9.97 Å². The molecule has 1 unspecified atom stereocenters. The van der Waals surface area contributed by atoms with Crippen LogP contribution in [-0.2, 0) is 0 Å². The average molecular weight is 274 g/mol. The van der Waals surface area contributed by atoms with Crippen LogP contribution in [0, 0.1) is 0 Å². The molecule has 3 nitrogen and oxygen atoms in total. The van der Waals surface area contributed by atoms with E-state index in [1.807, 2.05) is 41.1 Å². The quantitative estimate of drug-likeness (QED) is 0.796. The molecule has 1 N–H and O–H groups in total. The van der Waals surface area contributed by atoms with E-state index in [0.29, 0.717) is 5.01 Å². The lowest BCUT2D eigenvalue weighted by atomic mass is 10.1. The number of benzene rings is 1. The van der Waals surface area contributed by atoms with Gasteiger partial charge in [0, 0.05) is 10.8 Å². The maximum absolute atomic E-state index is 10.2. The molecule has 1 aromatic carbocycles. The first-order chi connectivity index (χ1) is 8.84. The molecule has 0 saturated carbocycles. The molecule has 3 rings (SSSR count). The summed E-state index contributed by atoms with van der Waals surface area (Å²) in [5.74, 6) is 0. The van der Waals surface area contributed by atoms with Gasteiger partial charge in [0.2, 0.25) is 0 Å². The summed E-state index contributed by atoms with van der Waals surface area (Å²) in [6.07, 6.45) is -0.663. The lowest BCUT2D eigenvalue weighted by Gasteiger charge is -2.06. The minimum absolute atomic E-state index is 0.663. The van der Waals surface area contributed by atoms with Gasteiger partial charge in [0.1, 0.15) is 22.5 Å². The molecule has 90 valence electrons. The Balaban J connectivity index is 1.90. The summed E-state index contributed by atoms with van der Waals surface area (Å²) in [5.41, 5.74) is 4.33. The lowest BCUT2D eigenvalue weighted by Crippen LogP contribution is -1.98. The van der Waals surface area contributed by atoms with Crippen LogP contribution >= 0.6 is 22.7 Å². The third-order valence-electron chi connectivity index (χ3n) is 2.57. The zero-order chi connectivity index (χ0) is 12.4. The van der Waals surface area contributed by atoms with Gasteiger partial charge in [0.05, 0.1) is 5.51 Å². The molecule has 0 amide bonds. The van der Waals surface area contributed by atoms with Gasteiger partial charge < -0.3 is 5.11 Å². The number of rotatable bonds is 3. The molecule has 3 aromatic rings. The van der Waals surface area contributed by atoms with Crippen LogP contribution in [0.15, 0.2) is 46.6 Å². The van der Waals surface area contributed by atoms with E-state index in [-0.39, 0.29) is 0 Å². The molecule has 0 radical (unpaired) electrons. The number of aliphatic hydroxyl groups excluding tert-OH is 1. The number of hydrogen-bond acceptors (Lipinski definition) is 5. The van der Waals surface area contributed by atoms with Crippen molar-refractivity contribution in [2.75, 3.05) is 0 Å². The van der Waals surface area contributed by atoms with E-state index in [9.17, 15) is 5.11 Å². The zero-order valence-electron chi connectivity index (χ0n) is 9.35. The Morgan fingerprint density at radius 2 is 1.89 bits per heavy atom. The summed E-state index contributed by atoms with van der Waals surface area (Å²) >= 11 is 2.99. The highest BCUT2D eigenvalue weighted by Crippen LogP contribution is 2.28. The van der Waals surface area contributed by atoms with Crippen LogP contribution < -0.4 is 0 Å². The number of thiazole rings is 2. The van der Waals surface area contributed by atoms with Crippen LogP contribution in [0.3, 0.4) is 0 Å². The second-order valence-electron chi connectivity index (χ2n) is 3.76. The van der Waals surface area contributed by atoms with E-state index in [1.54, 1.807) is 5.51 Å². The van der Waals surface area contributed by atoms with E-state index >= 15 is 0 Å². The van der Waals surface area contributed by atoms with Crippen molar-refractivity contribution >= 4 is 22.7 Å². The Kier molecular flexibility index (Phi) is 3.19. The molecule has 0 aliphatic rings. The molecule has 2 aromatic heterocycles. The van der Waals surface area contributed by atoms with Crippen LogP contribution in [0.25, 0.3) is 11.4 Å². The molecule has 2 heterocycles. The maximum Gasteiger partial charge on any atom is 0.131 e. The van der Waals surface area contributed by atoms with Gasteiger partial charge in [-0.25, -0.2) is 9.97 Å². The van der Waals surface area contributed by atoms with Gasteiger partial charge >= 0.3 is 0 Å². The minimum Gasteiger partial charge on any atom is -0.381 e. The highest BCUT2D eigenvalue weighted by molar-refractivity contribution is 7.10. The molecule has 0 saturated heterocycles. The van der Waals surface area contributed by atoms with Gasteiger partial charge in [0.25, 0.3) is 0 Å². The molecule has 1 atom stereocenters. The summed E-state index contributed by atoms with van der Waals surface area (Å²) in [4.78, 5) is 8.65. The summed E-state index contributed by atoms with van der Waals surface area (Å²) in [7, 11) is 0. The Labute approximate surface area is 112 Å². The molecule has 18 heavy (non-hydrogen) atoms. The molecule has 0 fully saturated rings. The summed E-state index contributed by atoms with van der Waals surface area (Å²) in [6, 6.07) is 9.54. The third kappa shape index (κ3) is 2.20. The predicted octanol–water partition coefficient (Wildman–Crippen LogP) is 3.35. The van der Waals surface area contributed by atoms with Crippen molar-refractivity contribution in [3.63, 3.8) is 0 Å². The predicted molar refractivity (Wildman–Crippen MR) is 73.7 cm³/mol. The van der Waals surface area contributed by atoms with Crippen molar-refractivity contribution in [2.24, 2.45) is 0 Å². The smallest absolute Gasteiger partial charge is 0.131 e. The molecule has 0 spiro atoms. The third-order valence-corrected chi connectivity index (χ3v) is 4.05. The molecule has 5 heteroatoms. The van der Waals surface area contributed by atoms with E-state index in [4.69, 9.17) is 0 Å². The van der Waals surface area contributed by atoms with Gasteiger partial charge in [-0.2, -0.15) is 0 Å². The highest BCUT2D eigenvalue weighted by atomic mass is 32.1. The normalized spacial score (nSPS) is 12.5. The molecule has 0 aliphatic heterocycles. The van der Waals surface area contributed by atoms with Crippen molar-refractivity contribution in [1.82, 2.24) is 9.97 Å². The fourth-order valence-corrected chi connectivity index (χ4v) is 3.02. The first kappa shape index (κ1) is 11.5. The van der Waals surface area contributed by atoms with Gasteiger partial charge in [-0.1, -0.05) is 30.3 Å². The largest absolute Gasteiger partial charge is 0.381 e. The monoisotopic (exact) mass is 274 g/mol. The second-order valence-corrected chi connectivity index (χ2v) is 5.37. The first-order valence-corrected chi connectivity index (χ1v) is 7.24. The standard InChI is InChI=1S/C13H10N2OS2/c16-12(9-4-2-1-3-5-9)13-15-11(7-18-13)10-6-17-8-14-10/h1-8,12,16H. The molecule has 0 bridgehead atoms. The van der Waals surface area contributed by atoms with Crippen LogP contribution in [-0.4, -0.2) is 15.1 Å². The number of aliphatic hydroxyl groups is 1. The summed E-state index contributed by atoms with van der Waals surface area (Å²) < 4.78 is 0. The van der Waals surface area contributed by atoms with E-state index in [1.165, 1.54) is 22.7 Å². The highest BCUT2D eigenvalue weighted by Gasteiger charge is 2.15. The number of aromatic nitrogens is 2. The molecular weight excluding hydrogens is 264 g/mol. The average Bonchev–Trinajstić information content (AvgIpc) is 3.09. The summed E-state index contributed by atoms with van der Waals surface area (Å²) in [6.45, 7) is 0. The topological polar surface area (TPSA) is 46.0 Å². The van der Waals surface area contributed by atoms with Crippen LogP contribution in [0.5, 0.6) is 0 Å². The van der Waals surface area contributed by atoms with Crippen molar-refractivity contribution in [3.05, 3.63) is 57.2 Å². The Hall–Kier alpha value is -1.56. The van der Waals surface area contributed by atoms with Gasteiger partial charge in [-0.15, -0.1) is 22.7 Å². The maximum atomic E-state index is 10.2. The van der Waals surface area contributed by atoms with Gasteiger partial charge in [-0.3, -0.25) is 0 Å². The van der Waals surface area contributed by atoms with Crippen molar-refractivity contribution in [2.45, 2.75) is 6.10 Å². The van der Waals surface area contributed by atoms with E-state index < -0.39 is 6.10 Å². The van der Waals surface area contributed by atoms with Gasteiger partial charge in [-0.05, 0) is 5.56 Å². The minimum atomic E-state index is -0.663. The number of nitrogens with zero attached hydrogens (tertiary/aromatic N) is 2. The zero-order valence-corrected chi connectivity index (χ0v) is 11.0. The number of hydrogen-bond donors (Lipinski definition) is 1. The van der Waals surface area contributed by atoms with Crippen molar-refractivity contribution < 1.29 is 5.11 Å².